The molecule has 0 unspecified atom stereocenters. The topological polar surface area (TPSA) is 104 Å². The predicted molar refractivity (Wildman–Crippen MR) is 108 cm³/mol. The number of hydrogen-bond donors (Lipinski definition) is 2. The van der Waals surface area contributed by atoms with Crippen molar-refractivity contribution < 1.29 is 38.7 Å². The van der Waals surface area contributed by atoms with Gasteiger partial charge in [0.1, 0.15) is 0 Å². The summed E-state index contributed by atoms with van der Waals surface area (Å²) in [5.74, 6) is 0.277. The number of ether oxygens (including phenoxy) is 5. The van der Waals surface area contributed by atoms with Gasteiger partial charge in [-0.25, -0.2) is 0 Å². The van der Waals surface area contributed by atoms with Gasteiger partial charge < -0.3 is 33.9 Å². The van der Waals surface area contributed by atoms with Gasteiger partial charge in [-0.2, -0.15) is 0 Å². The van der Waals surface area contributed by atoms with Crippen molar-refractivity contribution in [3.63, 3.8) is 0 Å². The molecule has 0 amide bonds. The van der Waals surface area contributed by atoms with Crippen LogP contribution in [0.5, 0.6) is 34.5 Å². The molecule has 0 bridgehead atoms. The molecule has 1 aliphatic rings. The van der Waals surface area contributed by atoms with Crippen molar-refractivity contribution in [3.8, 4) is 34.5 Å². The molecule has 0 spiro atoms. The van der Waals surface area contributed by atoms with Crippen LogP contribution >= 0.6 is 0 Å². The second-order valence-corrected chi connectivity index (χ2v) is 7.10. The van der Waals surface area contributed by atoms with Crippen LogP contribution in [0, 0.1) is 11.8 Å². The normalized spacial score (nSPS) is 18.1. The third-order valence-corrected chi connectivity index (χ3v) is 5.34. The standard InChI is InChI=1S/C22H26O8/c1-26-16-7-12(8-17(27-2)20(16)23)5-14-11-30-22(25)15(14)6-13-9-18(28-3)21(24)19(10-13)29-4/h7-10,14-15,23-24H,5-6,11H2,1-4H3/t14-,15+/m0/s1. The van der Waals surface area contributed by atoms with Gasteiger partial charge in [0.15, 0.2) is 23.0 Å². The average Bonchev–Trinajstić information content (AvgIpc) is 3.09. The van der Waals surface area contributed by atoms with Crippen LogP contribution < -0.4 is 18.9 Å². The first kappa shape index (κ1) is 21.4. The minimum atomic E-state index is -0.380. The van der Waals surface area contributed by atoms with E-state index < -0.39 is 0 Å². The summed E-state index contributed by atoms with van der Waals surface area (Å²) in [7, 11) is 5.84. The lowest BCUT2D eigenvalue weighted by Crippen LogP contribution is -2.20. The van der Waals surface area contributed by atoms with E-state index >= 15 is 0 Å². The molecule has 0 radical (unpaired) electrons. The van der Waals surface area contributed by atoms with Crippen molar-refractivity contribution in [1.82, 2.24) is 0 Å². The highest BCUT2D eigenvalue weighted by Gasteiger charge is 2.37. The highest BCUT2D eigenvalue weighted by molar-refractivity contribution is 5.75. The van der Waals surface area contributed by atoms with Crippen molar-refractivity contribution >= 4 is 5.97 Å². The van der Waals surface area contributed by atoms with Crippen LogP contribution in [0.15, 0.2) is 24.3 Å². The Bertz CT molecular complexity index is 873. The SMILES string of the molecule is COc1cc(C[C@H]2COC(=O)[C@@H]2Cc2cc(OC)c(O)c(OC)c2)cc(OC)c1O. The van der Waals surface area contributed by atoms with Crippen molar-refractivity contribution in [2.75, 3.05) is 35.0 Å². The third-order valence-electron chi connectivity index (χ3n) is 5.34. The monoisotopic (exact) mass is 418 g/mol. The average molecular weight is 418 g/mol. The quantitative estimate of drug-likeness (QED) is 0.631. The first-order valence-corrected chi connectivity index (χ1v) is 9.46. The van der Waals surface area contributed by atoms with Crippen LogP contribution in [-0.4, -0.2) is 51.2 Å². The zero-order valence-corrected chi connectivity index (χ0v) is 17.4. The highest BCUT2D eigenvalue weighted by Crippen LogP contribution is 2.41. The van der Waals surface area contributed by atoms with Crippen LogP contribution in [0.1, 0.15) is 11.1 Å². The number of cyclic esters (lactones) is 1. The number of benzene rings is 2. The van der Waals surface area contributed by atoms with E-state index in [9.17, 15) is 15.0 Å². The zero-order valence-electron chi connectivity index (χ0n) is 17.4. The van der Waals surface area contributed by atoms with Gasteiger partial charge >= 0.3 is 5.97 Å². The molecule has 0 aliphatic carbocycles. The van der Waals surface area contributed by atoms with Gasteiger partial charge in [-0.3, -0.25) is 4.79 Å². The second kappa shape index (κ2) is 9.02. The zero-order chi connectivity index (χ0) is 21.8. The minimum absolute atomic E-state index is 0.0673. The fourth-order valence-electron chi connectivity index (χ4n) is 3.74. The summed E-state index contributed by atoms with van der Waals surface area (Å²) in [6.07, 6.45) is 0.943. The number of carbonyl (C=O) groups excluding carboxylic acids is 1. The van der Waals surface area contributed by atoms with Crippen molar-refractivity contribution in [3.05, 3.63) is 35.4 Å². The molecule has 3 rings (SSSR count). The molecule has 1 aliphatic heterocycles. The molecule has 8 nitrogen and oxygen atoms in total. The van der Waals surface area contributed by atoms with E-state index in [-0.39, 0.29) is 40.8 Å². The summed E-state index contributed by atoms with van der Waals surface area (Å²) in [5.41, 5.74) is 1.65. The van der Waals surface area contributed by atoms with Gasteiger partial charge in [-0.05, 0) is 48.2 Å². The minimum Gasteiger partial charge on any atom is -0.502 e. The van der Waals surface area contributed by atoms with Crippen molar-refractivity contribution in [1.29, 1.82) is 0 Å². The molecule has 2 N–H and O–H groups in total. The van der Waals surface area contributed by atoms with Crippen molar-refractivity contribution in [2.24, 2.45) is 11.8 Å². The number of phenolic OH excluding ortho intramolecular Hbond substituents is 2. The highest BCUT2D eigenvalue weighted by atomic mass is 16.5. The van der Waals surface area contributed by atoms with Crippen LogP contribution in [0.2, 0.25) is 0 Å². The third kappa shape index (κ3) is 4.17. The molecule has 2 atom stereocenters. The number of methoxy groups -OCH3 is 4. The Labute approximate surface area is 174 Å². The molecule has 1 fully saturated rings. The van der Waals surface area contributed by atoms with Gasteiger partial charge in [0, 0.05) is 5.92 Å². The number of carbonyl (C=O) groups is 1. The fraction of sp³-hybridized carbons (Fsp3) is 0.409. The number of esters is 1. The smallest absolute Gasteiger partial charge is 0.309 e. The van der Waals surface area contributed by atoms with Crippen LogP contribution in [0.4, 0.5) is 0 Å². The van der Waals surface area contributed by atoms with E-state index in [2.05, 4.69) is 0 Å². The van der Waals surface area contributed by atoms with Gasteiger partial charge in [-0.15, -0.1) is 0 Å². The molecule has 2 aromatic carbocycles. The first-order valence-electron chi connectivity index (χ1n) is 9.46. The van der Waals surface area contributed by atoms with Gasteiger partial charge in [0.2, 0.25) is 11.5 Å². The summed E-state index contributed by atoms with van der Waals surface area (Å²) in [5, 5.41) is 20.2. The maximum Gasteiger partial charge on any atom is 0.309 e. The molecule has 8 heteroatoms. The number of phenols is 2. The Morgan fingerprint density at radius 2 is 1.20 bits per heavy atom. The van der Waals surface area contributed by atoms with E-state index in [1.54, 1.807) is 24.3 Å². The summed E-state index contributed by atoms with van der Waals surface area (Å²) < 4.78 is 26.2. The summed E-state index contributed by atoms with van der Waals surface area (Å²) in [4.78, 5) is 12.4. The number of aromatic hydroxyl groups is 2. The fourth-order valence-corrected chi connectivity index (χ4v) is 3.74. The van der Waals surface area contributed by atoms with E-state index in [0.717, 1.165) is 11.1 Å². The van der Waals surface area contributed by atoms with Crippen molar-refractivity contribution in [2.45, 2.75) is 12.8 Å². The van der Waals surface area contributed by atoms with Gasteiger partial charge in [0.25, 0.3) is 0 Å². The summed E-state index contributed by atoms with van der Waals surface area (Å²) in [6, 6.07) is 6.83. The molecule has 0 saturated carbocycles. The Morgan fingerprint density at radius 1 is 0.800 bits per heavy atom. The van der Waals surface area contributed by atoms with Gasteiger partial charge in [-0.1, -0.05) is 0 Å². The lowest BCUT2D eigenvalue weighted by molar-refractivity contribution is -0.141. The van der Waals surface area contributed by atoms with E-state index in [1.807, 2.05) is 0 Å². The largest absolute Gasteiger partial charge is 0.502 e. The summed E-state index contributed by atoms with van der Waals surface area (Å²) in [6.45, 7) is 0.293. The Morgan fingerprint density at radius 3 is 1.60 bits per heavy atom. The molecular weight excluding hydrogens is 392 g/mol. The lowest BCUT2D eigenvalue weighted by Gasteiger charge is -2.18. The van der Waals surface area contributed by atoms with Gasteiger partial charge in [0.05, 0.1) is 41.0 Å². The summed E-state index contributed by atoms with van der Waals surface area (Å²) >= 11 is 0. The lowest BCUT2D eigenvalue weighted by atomic mass is 9.85. The molecule has 0 aromatic heterocycles. The number of hydrogen-bond acceptors (Lipinski definition) is 8. The molecule has 162 valence electrons. The van der Waals surface area contributed by atoms with E-state index in [4.69, 9.17) is 23.7 Å². The van der Waals surface area contributed by atoms with E-state index in [0.29, 0.717) is 30.9 Å². The molecule has 30 heavy (non-hydrogen) atoms. The molecule has 1 heterocycles. The first-order chi connectivity index (χ1) is 14.4. The molecular formula is C22H26O8. The van der Waals surface area contributed by atoms with Crippen LogP contribution in [0.25, 0.3) is 0 Å². The van der Waals surface area contributed by atoms with Crippen LogP contribution in [-0.2, 0) is 22.4 Å². The molecule has 1 saturated heterocycles. The van der Waals surface area contributed by atoms with Crippen LogP contribution in [0.3, 0.4) is 0 Å². The maximum absolute atomic E-state index is 12.4. The number of rotatable bonds is 8. The van der Waals surface area contributed by atoms with E-state index in [1.165, 1.54) is 28.4 Å². The molecule has 2 aromatic rings. The predicted octanol–water partition coefficient (Wildman–Crippen LogP) is 2.71. The Hall–Kier alpha value is -3.29. The Balaban J connectivity index is 1.85. The second-order valence-electron chi connectivity index (χ2n) is 7.10. The Kier molecular flexibility index (Phi) is 6.44. The maximum atomic E-state index is 12.4.